The van der Waals surface area contributed by atoms with E-state index >= 15 is 0 Å². The first-order valence-electron chi connectivity index (χ1n) is 0. The topological polar surface area (TPSA) is 31.5 Å². The van der Waals surface area contributed by atoms with E-state index < -0.39 is 0 Å². The molecule has 0 spiro atoms. The smallest absolute Gasteiger partial charge is 1.00 e. The van der Waals surface area contributed by atoms with Crippen molar-refractivity contribution in [3.05, 3.63) is 0 Å². The molecule has 0 bridgehead atoms. The third kappa shape index (κ3) is 8.83. The molecule has 0 aromatic carbocycles. The minimum atomic E-state index is 0. The fourth-order valence-corrected chi connectivity index (χ4v) is 0. The zero-order valence-corrected chi connectivity index (χ0v) is 5.85. The number of rotatable bonds is 0. The van der Waals surface area contributed by atoms with Crippen LogP contribution in [-0.2, 0) is 0 Å². The van der Waals surface area contributed by atoms with Gasteiger partial charge in [-0.3, -0.25) is 0 Å². The first-order chi connectivity index (χ1) is 0. The predicted octanol–water partition coefficient (Wildman–Crippen LogP) is -4.47. The van der Waals surface area contributed by atoms with Crippen molar-refractivity contribution in [3.63, 3.8) is 0 Å². The first-order valence-corrected chi connectivity index (χ1v) is 0. The van der Waals surface area contributed by atoms with Gasteiger partial charge in [-0.05, 0) is 0 Å². The first kappa shape index (κ1) is 32.2. The van der Waals surface area contributed by atoms with Gasteiger partial charge in [-0.2, -0.15) is 0 Å². The van der Waals surface area contributed by atoms with Crippen molar-refractivity contribution in [3.8, 4) is 0 Å². The van der Waals surface area contributed by atoms with Gasteiger partial charge in [-0.15, -0.1) is 12.4 Å². The summed E-state index contributed by atoms with van der Waals surface area (Å²) in [7, 11) is 0. The minimum Gasteiger partial charge on any atom is -1.00 e. The van der Waals surface area contributed by atoms with Crippen molar-refractivity contribution in [2.75, 3.05) is 0 Å². The van der Waals surface area contributed by atoms with Gasteiger partial charge in [0, 0.05) is 0 Å². The molecule has 0 radical (unpaired) electrons. The number of hydrogen-bond donors (Lipinski definition) is 0. The Hall–Kier alpha value is 2.42. The molecular formula is H7AlClKO. The molecule has 0 saturated carbocycles. The molecule has 0 amide bonds. The molecule has 0 aliphatic carbocycles. The monoisotopic (exact) mass is 124 g/mol. The number of halogens is 1. The fourth-order valence-electron chi connectivity index (χ4n) is 0. The van der Waals surface area contributed by atoms with Crippen LogP contribution < -0.4 is 51.4 Å². The Balaban J connectivity index is 0. The Kier molecular flexibility index (Phi) is 146. The maximum absolute atomic E-state index is 0. The Labute approximate surface area is 86.3 Å². The molecule has 0 saturated heterocycles. The zero-order valence-electron chi connectivity index (χ0n) is 2.91. The quantitative estimate of drug-likeness (QED) is 0.292. The molecular weight excluding hydrogens is 118 g/mol. The van der Waals surface area contributed by atoms with Crippen LogP contribution in [0.15, 0.2) is 0 Å². The van der Waals surface area contributed by atoms with E-state index in [1.54, 1.807) is 0 Å². The van der Waals surface area contributed by atoms with Gasteiger partial charge in [0.2, 0.25) is 0 Å². The van der Waals surface area contributed by atoms with Crippen LogP contribution in [0.4, 0.5) is 0 Å². The maximum Gasteiger partial charge on any atom is 1.00 e. The van der Waals surface area contributed by atoms with E-state index in [0.717, 1.165) is 0 Å². The molecule has 1 nitrogen and oxygen atoms in total. The summed E-state index contributed by atoms with van der Waals surface area (Å²) in [6.45, 7) is 0. The Bertz CT molecular complexity index is 11.6. The fraction of sp³-hybridized carbons (Fsp3) is 0. The van der Waals surface area contributed by atoms with Crippen molar-refractivity contribution >= 4 is 29.8 Å². The third-order valence-electron chi connectivity index (χ3n) is 0. The molecule has 24 valence electrons. The van der Waals surface area contributed by atoms with Gasteiger partial charge < -0.3 is 6.90 Å². The van der Waals surface area contributed by atoms with E-state index in [2.05, 4.69) is 0 Å². The van der Waals surface area contributed by atoms with Gasteiger partial charge in [0.15, 0.2) is 17.4 Å². The molecule has 0 unspecified atom stereocenters. The van der Waals surface area contributed by atoms with Crippen LogP contribution in [0.2, 0.25) is 0 Å². The van der Waals surface area contributed by atoms with E-state index in [0.29, 0.717) is 0 Å². The third-order valence-corrected chi connectivity index (χ3v) is 0. The van der Waals surface area contributed by atoms with Crippen LogP contribution >= 0.6 is 12.4 Å². The van der Waals surface area contributed by atoms with Crippen molar-refractivity contribution in [1.82, 2.24) is 0 Å². The molecule has 0 aliphatic rings. The van der Waals surface area contributed by atoms with Crippen LogP contribution in [0.3, 0.4) is 0 Å². The zero-order chi connectivity index (χ0) is 0. The molecule has 0 heterocycles. The summed E-state index contributed by atoms with van der Waals surface area (Å²) in [5.41, 5.74) is 0. The minimum absolute atomic E-state index is 0. The Morgan fingerprint density at radius 3 is 1.25 bits per heavy atom. The van der Waals surface area contributed by atoms with Gasteiger partial charge >= 0.3 is 51.4 Å². The van der Waals surface area contributed by atoms with E-state index in [1.165, 1.54) is 0 Å². The Morgan fingerprint density at radius 2 is 1.25 bits per heavy atom. The molecule has 0 fully saturated rings. The van der Waals surface area contributed by atoms with Crippen molar-refractivity contribution < 1.29 is 58.3 Å². The molecule has 4 heteroatoms. The van der Waals surface area contributed by atoms with Gasteiger partial charge in [0.05, 0.1) is 0 Å². The molecule has 2 N–H and O–H groups in total. The molecule has 4 heavy (non-hydrogen) atoms. The summed E-state index contributed by atoms with van der Waals surface area (Å²) in [6, 6.07) is 0. The van der Waals surface area contributed by atoms with Gasteiger partial charge in [-0.25, -0.2) is 0 Å². The van der Waals surface area contributed by atoms with E-state index in [4.69, 9.17) is 0 Å². The molecule has 0 atom stereocenters. The van der Waals surface area contributed by atoms with Gasteiger partial charge in [-0.1, -0.05) is 0 Å². The normalized spacial score (nSPS) is 0. The van der Waals surface area contributed by atoms with E-state index in [-0.39, 0.29) is 88.1 Å². The predicted molar refractivity (Wildman–Crippen MR) is 21.9 cm³/mol. The summed E-state index contributed by atoms with van der Waals surface area (Å²) in [5.74, 6) is 0. The second-order valence-corrected chi connectivity index (χ2v) is 0. The SMILES string of the molecule is Cl.O.[AlH3].[H-].[K+]. The van der Waals surface area contributed by atoms with Gasteiger partial charge in [0.1, 0.15) is 0 Å². The molecule has 0 rings (SSSR count). The average Bonchev–Trinajstić information content (AvgIpc) is 0. The summed E-state index contributed by atoms with van der Waals surface area (Å²) in [6.07, 6.45) is 0. The van der Waals surface area contributed by atoms with E-state index in [1.807, 2.05) is 0 Å². The number of hydrogen-bond acceptors (Lipinski definition) is 0. The van der Waals surface area contributed by atoms with Crippen molar-refractivity contribution in [1.29, 1.82) is 0 Å². The van der Waals surface area contributed by atoms with Crippen LogP contribution in [0.25, 0.3) is 0 Å². The second kappa shape index (κ2) is 18.1. The summed E-state index contributed by atoms with van der Waals surface area (Å²) in [5, 5.41) is 0. The van der Waals surface area contributed by atoms with Crippen LogP contribution in [0.5, 0.6) is 0 Å². The molecule has 0 aromatic heterocycles. The largest absolute Gasteiger partial charge is 1.00 e. The van der Waals surface area contributed by atoms with Crippen molar-refractivity contribution in [2.45, 2.75) is 0 Å². The molecule has 0 aromatic rings. The second-order valence-electron chi connectivity index (χ2n) is 0. The Morgan fingerprint density at radius 1 is 1.25 bits per heavy atom. The summed E-state index contributed by atoms with van der Waals surface area (Å²) >= 11 is 0. The van der Waals surface area contributed by atoms with Crippen molar-refractivity contribution in [2.24, 2.45) is 0 Å². The average molecular weight is 125 g/mol. The van der Waals surface area contributed by atoms with Crippen LogP contribution in [0.1, 0.15) is 1.43 Å². The standard InChI is InChI=1S/Al.ClH.K.H2O.4H/h;1H;;1H2;;;;/q;;+1;;;;;-1. The van der Waals surface area contributed by atoms with E-state index in [9.17, 15) is 0 Å². The van der Waals surface area contributed by atoms with Gasteiger partial charge in [0.25, 0.3) is 0 Å². The summed E-state index contributed by atoms with van der Waals surface area (Å²) in [4.78, 5) is 0. The molecule has 0 aliphatic heterocycles. The van der Waals surface area contributed by atoms with Crippen LogP contribution in [0, 0.1) is 0 Å². The van der Waals surface area contributed by atoms with Crippen LogP contribution in [-0.4, -0.2) is 22.8 Å². The summed E-state index contributed by atoms with van der Waals surface area (Å²) < 4.78 is 0. The maximum atomic E-state index is 0.